The lowest BCUT2D eigenvalue weighted by molar-refractivity contribution is -0.143. The number of pyridine rings is 1. The lowest BCUT2D eigenvalue weighted by atomic mass is 10.2. The van der Waals surface area contributed by atoms with Gasteiger partial charge in [0.05, 0.1) is 12.2 Å². The molecule has 4 nitrogen and oxygen atoms in total. The Morgan fingerprint density at radius 2 is 2.25 bits per heavy atom. The van der Waals surface area contributed by atoms with Crippen LogP contribution in [0.15, 0.2) is 16.9 Å². The number of terminal acetylenes is 1. The Morgan fingerprint density at radius 3 is 2.81 bits per heavy atom. The smallest absolute Gasteiger partial charge is 0.326 e. The van der Waals surface area contributed by atoms with E-state index in [0.717, 1.165) is 0 Å². The Balaban J connectivity index is 3.09. The maximum atomic E-state index is 11.8. The number of rotatable bonds is 3. The van der Waals surface area contributed by atoms with Gasteiger partial charge in [-0.2, -0.15) is 0 Å². The highest BCUT2D eigenvalue weighted by molar-refractivity contribution is 5.69. The number of aryl methyl sites for hydroxylation is 1. The minimum absolute atomic E-state index is 0.103. The van der Waals surface area contributed by atoms with Gasteiger partial charge in [-0.15, -0.1) is 6.42 Å². The topological polar surface area (TPSA) is 48.3 Å². The SMILES string of the molecule is C#Cc1ccc(C)n(CC(=O)OCC)c1=O. The molecule has 1 aromatic rings. The quantitative estimate of drug-likeness (QED) is 0.555. The largest absolute Gasteiger partial charge is 0.465 e. The average Bonchev–Trinajstić information content (AvgIpc) is 2.25. The molecule has 1 aromatic heterocycles. The van der Waals surface area contributed by atoms with Crippen molar-refractivity contribution < 1.29 is 9.53 Å². The average molecular weight is 219 g/mol. The minimum atomic E-state index is -0.443. The van der Waals surface area contributed by atoms with Crippen LogP contribution in [0.2, 0.25) is 0 Å². The summed E-state index contributed by atoms with van der Waals surface area (Å²) in [4.78, 5) is 23.1. The van der Waals surface area contributed by atoms with E-state index in [1.54, 1.807) is 26.0 Å². The maximum absolute atomic E-state index is 11.8. The molecule has 0 radical (unpaired) electrons. The standard InChI is InChI=1S/C12H13NO3/c1-4-10-7-6-9(3)13(12(10)15)8-11(14)16-5-2/h1,6-7H,5,8H2,2-3H3. The van der Waals surface area contributed by atoms with Crippen LogP contribution in [-0.2, 0) is 16.1 Å². The third-order valence-corrected chi connectivity index (χ3v) is 2.14. The minimum Gasteiger partial charge on any atom is -0.465 e. The van der Waals surface area contributed by atoms with Crippen LogP contribution in [0, 0.1) is 19.3 Å². The fraction of sp³-hybridized carbons (Fsp3) is 0.333. The number of hydrogen-bond donors (Lipinski definition) is 0. The van der Waals surface area contributed by atoms with E-state index in [9.17, 15) is 9.59 Å². The third kappa shape index (κ3) is 2.51. The second-order valence-electron chi connectivity index (χ2n) is 3.23. The highest BCUT2D eigenvalue weighted by atomic mass is 16.5. The molecule has 0 atom stereocenters. The summed E-state index contributed by atoms with van der Waals surface area (Å²) in [6, 6.07) is 3.27. The molecule has 0 spiro atoms. The van der Waals surface area contributed by atoms with Gasteiger partial charge in [0.25, 0.3) is 5.56 Å². The second-order valence-corrected chi connectivity index (χ2v) is 3.23. The van der Waals surface area contributed by atoms with E-state index in [1.807, 2.05) is 0 Å². The van der Waals surface area contributed by atoms with Crippen LogP contribution < -0.4 is 5.56 Å². The molecule has 0 amide bonds. The molecule has 0 aliphatic carbocycles. The van der Waals surface area contributed by atoms with Gasteiger partial charge in [0, 0.05) is 5.69 Å². The van der Waals surface area contributed by atoms with Crippen molar-refractivity contribution >= 4 is 5.97 Å². The van der Waals surface area contributed by atoms with Crippen LogP contribution in [0.4, 0.5) is 0 Å². The Kier molecular flexibility index (Phi) is 3.90. The summed E-state index contributed by atoms with van der Waals surface area (Å²) in [6.07, 6.45) is 5.18. The molecule has 0 unspecified atom stereocenters. The summed E-state index contributed by atoms with van der Waals surface area (Å²) < 4.78 is 6.09. The van der Waals surface area contributed by atoms with Crippen molar-refractivity contribution in [3.63, 3.8) is 0 Å². The van der Waals surface area contributed by atoms with Gasteiger partial charge in [-0.1, -0.05) is 5.92 Å². The van der Waals surface area contributed by atoms with Crippen molar-refractivity contribution in [2.24, 2.45) is 0 Å². The van der Waals surface area contributed by atoms with Gasteiger partial charge >= 0.3 is 5.97 Å². The molecule has 84 valence electrons. The van der Waals surface area contributed by atoms with Crippen LogP contribution in [0.5, 0.6) is 0 Å². The zero-order valence-corrected chi connectivity index (χ0v) is 9.32. The van der Waals surface area contributed by atoms with Gasteiger partial charge in [0.1, 0.15) is 6.54 Å². The van der Waals surface area contributed by atoms with Gasteiger partial charge in [-0.05, 0) is 26.0 Å². The zero-order chi connectivity index (χ0) is 12.1. The van der Waals surface area contributed by atoms with Crippen molar-refractivity contribution in [1.82, 2.24) is 4.57 Å². The Morgan fingerprint density at radius 1 is 1.56 bits per heavy atom. The van der Waals surface area contributed by atoms with Crippen molar-refractivity contribution in [2.75, 3.05) is 6.61 Å². The van der Waals surface area contributed by atoms with E-state index in [-0.39, 0.29) is 17.7 Å². The third-order valence-electron chi connectivity index (χ3n) is 2.14. The van der Waals surface area contributed by atoms with Crippen LogP contribution >= 0.6 is 0 Å². The molecule has 16 heavy (non-hydrogen) atoms. The number of aromatic nitrogens is 1. The number of esters is 1. The number of hydrogen-bond acceptors (Lipinski definition) is 3. The first-order chi connectivity index (χ1) is 7.60. The summed E-state index contributed by atoms with van der Waals surface area (Å²) in [7, 11) is 0. The lowest BCUT2D eigenvalue weighted by Crippen LogP contribution is -2.28. The molecular formula is C12H13NO3. The first-order valence-corrected chi connectivity index (χ1v) is 4.92. The van der Waals surface area contributed by atoms with Crippen LogP contribution in [0.25, 0.3) is 0 Å². The molecule has 1 heterocycles. The number of carbonyl (C=O) groups is 1. The normalized spacial score (nSPS) is 9.56. The first kappa shape index (κ1) is 12.1. The van der Waals surface area contributed by atoms with Crippen molar-refractivity contribution in [1.29, 1.82) is 0 Å². The maximum Gasteiger partial charge on any atom is 0.326 e. The van der Waals surface area contributed by atoms with E-state index >= 15 is 0 Å². The summed E-state index contributed by atoms with van der Waals surface area (Å²) in [5, 5.41) is 0. The molecule has 0 N–H and O–H groups in total. The molecule has 0 aliphatic rings. The predicted molar refractivity (Wildman–Crippen MR) is 60.0 cm³/mol. The zero-order valence-electron chi connectivity index (χ0n) is 9.32. The highest BCUT2D eigenvalue weighted by Gasteiger charge is 2.09. The highest BCUT2D eigenvalue weighted by Crippen LogP contribution is 1.98. The van der Waals surface area contributed by atoms with Crippen LogP contribution in [-0.4, -0.2) is 17.1 Å². The van der Waals surface area contributed by atoms with E-state index < -0.39 is 5.97 Å². The van der Waals surface area contributed by atoms with Gasteiger partial charge in [0.15, 0.2) is 0 Å². The Bertz CT molecular complexity index is 494. The molecular weight excluding hydrogens is 206 g/mol. The van der Waals surface area contributed by atoms with E-state index in [4.69, 9.17) is 11.2 Å². The van der Waals surface area contributed by atoms with E-state index in [1.165, 1.54) is 4.57 Å². The van der Waals surface area contributed by atoms with E-state index in [2.05, 4.69) is 5.92 Å². The van der Waals surface area contributed by atoms with Crippen molar-refractivity contribution in [3.8, 4) is 12.3 Å². The second kappa shape index (κ2) is 5.17. The van der Waals surface area contributed by atoms with Gasteiger partial charge in [-0.3, -0.25) is 9.59 Å². The molecule has 0 aromatic carbocycles. The first-order valence-electron chi connectivity index (χ1n) is 4.92. The fourth-order valence-corrected chi connectivity index (χ4v) is 1.31. The van der Waals surface area contributed by atoms with Crippen molar-refractivity contribution in [2.45, 2.75) is 20.4 Å². The van der Waals surface area contributed by atoms with Crippen molar-refractivity contribution in [3.05, 3.63) is 33.7 Å². The van der Waals surface area contributed by atoms with Gasteiger partial charge in [-0.25, -0.2) is 0 Å². The lowest BCUT2D eigenvalue weighted by Gasteiger charge is -2.09. The molecule has 0 saturated carbocycles. The number of nitrogens with zero attached hydrogens (tertiary/aromatic N) is 1. The number of carbonyl (C=O) groups excluding carboxylic acids is 1. The molecule has 0 bridgehead atoms. The summed E-state index contributed by atoms with van der Waals surface area (Å²) in [5.41, 5.74) is 0.586. The summed E-state index contributed by atoms with van der Waals surface area (Å²) in [5.74, 6) is 1.84. The molecule has 0 fully saturated rings. The fourth-order valence-electron chi connectivity index (χ4n) is 1.31. The monoisotopic (exact) mass is 219 g/mol. The Labute approximate surface area is 93.9 Å². The molecule has 0 aliphatic heterocycles. The van der Waals surface area contributed by atoms with Crippen LogP contribution in [0.1, 0.15) is 18.2 Å². The predicted octanol–water partition coefficient (Wildman–Crippen LogP) is 0.701. The Hall–Kier alpha value is -2.02. The summed E-state index contributed by atoms with van der Waals surface area (Å²) >= 11 is 0. The molecule has 0 saturated heterocycles. The van der Waals surface area contributed by atoms with E-state index in [0.29, 0.717) is 12.3 Å². The van der Waals surface area contributed by atoms with Gasteiger partial charge < -0.3 is 9.30 Å². The number of ether oxygens (including phenoxy) is 1. The van der Waals surface area contributed by atoms with Crippen LogP contribution in [0.3, 0.4) is 0 Å². The van der Waals surface area contributed by atoms with Gasteiger partial charge in [0.2, 0.25) is 0 Å². The summed E-state index contributed by atoms with van der Waals surface area (Å²) in [6.45, 7) is 3.64. The molecule has 4 heteroatoms. The molecule has 1 rings (SSSR count).